The van der Waals surface area contributed by atoms with Gasteiger partial charge in [-0.1, -0.05) is 11.6 Å². The summed E-state index contributed by atoms with van der Waals surface area (Å²) < 4.78 is 48.5. The van der Waals surface area contributed by atoms with Crippen LogP contribution in [0.15, 0.2) is 24.3 Å². The third kappa shape index (κ3) is 3.36. The van der Waals surface area contributed by atoms with E-state index in [9.17, 15) is 13.2 Å². The Labute approximate surface area is 150 Å². The van der Waals surface area contributed by atoms with E-state index in [2.05, 4.69) is 10.2 Å². The zero-order valence-electron chi connectivity index (χ0n) is 13.5. The summed E-state index contributed by atoms with van der Waals surface area (Å²) in [5.41, 5.74) is -1.22. The Morgan fingerprint density at radius 2 is 1.76 bits per heavy atom. The first kappa shape index (κ1) is 17.8. The van der Waals surface area contributed by atoms with Crippen molar-refractivity contribution in [1.29, 1.82) is 0 Å². The molecule has 25 heavy (non-hydrogen) atoms. The predicted octanol–water partition coefficient (Wildman–Crippen LogP) is 4.93. The van der Waals surface area contributed by atoms with Crippen molar-refractivity contribution in [2.24, 2.45) is 7.05 Å². The minimum atomic E-state index is -1.22. The van der Waals surface area contributed by atoms with E-state index in [1.807, 2.05) is 0 Å². The number of halogens is 4. The lowest BCUT2D eigenvalue weighted by atomic mass is 10.1. The summed E-state index contributed by atoms with van der Waals surface area (Å²) in [4.78, 5) is 0.793. The van der Waals surface area contributed by atoms with Crippen LogP contribution in [0.1, 0.15) is 19.7 Å². The highest BCUT2D eigenvalue weighted by molar-refractivity contribution is 7.19. The van der Waals surface area contributed by atoms with Crippen molar-refractivity contribution >= 4 is 22.9 Å². The molecule has 2 heterocycles. The smallest absolute Gasteiger partial charge is 0.192 e. The zero-order chi connectivity index (χ0) is 18.4. The summed E-state index contributed by atoms with van der Waals surface area (Å²) in [7, 11) is 1.71. The predicted molar refractivity (Wildman–Crippen MR) is 89.3 cm³/mol. The van der Waals surface area contributed by atoms with E-state index >= 15 is 0 Å². The van der Waals surface area contributed by atoms with Gasteiger partial charge in [-0.15, -0.1) is 21.5 Å². The third-order valence-electron chi connectivity index (χ3n) is 3.53. The molecule has 3 rings (SSSR count). The maximum atomic E-state index is 13.9. The average Bonchev–Trinajstić information content (AvgIpc) is 3.09. The molecule has 0 fully saturated rings. The molecule has 0 N–H and O–H groups in total. The molecule has 0 saturated heterocycles. The molecule has 0 spiro atoms. The van der Waals surface area contributed by atoms with Gasteiger partial charge in [0.05, 0.1) is 9.21 Å². The summed E-state index contributed by atoms with van der Waals surface area (Å²) in [6, 6.07) is 4.66. The van der Waals surface area contributed by atoms with Crippen LogP contribution >= 0.6 is 22.9 Å². The molecule has 0 aliphatic heterocycles. The Morgan fingerprint density at radius 3 is 2.32 bits per heavy atom. The lowest BCUT2D eigenvalue weighted by molar-refractivity contribution is 0.0833. The molecule has 0 radical (unpaired) electrons. The molecule has 0 aliphatic rings. The van der Waals surface area contributed by atoms with E-state index in [1.54, 1.807) is 37.6 Å². The first-order valence-corrected chi connectivity index (χ1v) is 8.37. The minimum Gasteiger partial charge on any atom is -0.474 e. The van der Waals surface area contributed by atoms with Gasteiger partial charge in [-0.05, 0) is 26.0 Å². The highest BCUT2D eigenvalue weighted by atomic mass is 35.5. The van der Waals surface area contributed by atoms with E-state index in [0.717, 1.165) is 4.88 Å². The fourth-order valence-corrected chi connectivity index (χ4v) is 3.49. The van der Waals surface area contributed by atoms with Crippen LogP contribution in [0, 0.1) is 17.5 Å². The molecule has 3 aromatic rings. The van der Waals surface area contributed by atoms with E-state index in [-0.39, 0.29) is 0 Å². The molecule has 0 amide bonds. The van der Waals surface area contributed by atoms with Gasteiger partial charge in [0.25, 0.3) is 0 Å². The fraction of sp³-hybridized carbons (Fsp3) is 0.250. The quantitative estimate of drug-likeness (QED) is 0.637. The second-order valence-electron chi connectivity index (χ2n) is 5.82. The number of hydrogen-bond acceptors (Lipinski definition) is 4. The molecule has 0 atom stereocenters. The Hall–Kier alpha value is -2.06. The van der Waals surface area contributed by atoms with Crippen molar-refractivity contribution in [3.8, 4) is 16.5 Å². The van der Waals surface area contributed by atoms with Crippen molar-refractivity contribution in [2.75, 3.05) is 0 Å². The number of benzene rings is 1. The van der Waals surface area contributed by atoms with Crippen LogP contribution in [0.5, 0.6) is 5.75 Å². The van der Waals surface area contributed by atoms with Gasteiger partial charge < -0.3 is 9.30 Å². The number of aromatic nitrogens is 3. The molecule has 4 nitrogen and oxygen atoms in total. The molecule has 1 aromatic carbocycles. The topological polar surface area (TPSA) is 39.9 Å². The lowest BCUT2D eigenvalue weighted by Gasteiger charge is -2.25. The van der Waals surface area contributed by atoms with Crippen molar-refractivity contribution in [1.82, 2.24) is 14.8 Å². The highest BCUT2D eigenvalue weighted by Crippen LogP contribution is 2.34. The van der Waals surface area contributed by atoms with Crippen LogP contribution in [0.4, 0.5) is 13.2 Å². The van der Waals surface area contributed by atoms with Gasteiger partial charge in [0.15, 0.2) is 34.6 Å². The summed E-state index contributed by atoms with van der Waals surface area (Å²) in [6.07, 6.45) is 0. The lowest BCUT2D eigenvalue weighted by Crippen LogP contribution is -2.30. The number of nitrogens with zero attached hydrogens (tertiary/aromatic N) is 3. The second kappa shape index (κ2) is 6.34. The van der Waals surface area contributed by atoms with E-state index in [1.165, 1.54) is 11.3 Å². The minimum absolute atomic E-state index is 0.343. The third-order valence-corrected chi connectivity index (χ3v) is 4.75. The van der Waals surface area contributed by atoms with Crippen molar-refractivity contribution < 1.29 is 17.9 Å². The van der Waals surface area contributed by atoms with E-state index < -0.39 is 28.8 Å². The Balaban J connectivity index is 1.97. The van der Waals surface area contributed by atoms with Crippen molar-refractivity contribution in [3.63, 3.8) is 0 Å². The van der Waals surface area contributed by atoms with Gasteiger partial charge in [0, 0.05) is 19.2 Å². The van der Waals surface area contributed by atoms with Gasteiger partial charge in [0.1, 0.15) is 5.82 Å². The Bertz CT molecular complexity index is 916. The maximum Gasteiger partial charge on any atom is 0.192 e. The van der Waals surface area contributed by atoms with Gasteiger partial charge in [-0.3, -0.25) is 0 Å². The van der Waals surface area contributed by atoms with Crippen LogP contribution in [0.25, 0.3) is 10.7 Å². The van der Waals surface area contributed by atoms with Gasteiger partial charge in [0.2, 0.25) is 0 Å². The number of ether oxygens (including phenoxy) is 1. The van der Waals surface area contributed by atoms with E-state index in [0.29, 0.717) is 28.1 Å². The molecule has 9 heteroatoms. The molecule has 0 unspecified atom stereocenters. The molecule has 2 aromatic heterocycles. The number of thiophene rings is 1. The summed E-state index contributed by atoms with van der Waals surface area (Å²) in [5.74, 6) is -3.06. The monoisotopic (exact) mass is 387 g/mol. The molecule has 0 aliphatic carbocycles. The summed E-state index contributed by atoms with van der Waals surface area (Å²) in [5, 5.41) is 8.18. The van der Waals surface area contributed by atoms with E-state index in [4.69, 9.17) is 16.3 Å². The highest BCUT2D eigenvalue weighted by Gasteiger charge is 2.32. The zero-order valence-corrected chi connectivity index (χ0v) is 15.1. The molecular formula is C16H13ClF3N3OS. The van der Waals surface area contributed by atoms with Crippen LogP contribution in [-0.4, -0.2) is 14.8 Å². The average molecular weight is 388 g/mol. The van der Waals surface area contributed by atoms with Gasteiger partial charge in [-0.25, -0.2) is 13.2 Å². The van der Waals surface area contributed by atoms with Gasteiger partial charge in [-0.2, -0.15) is 0 Å². The molecule has 0 saturated carbocycles. The standard InChI is InChI=1S/C16H13ClF3N3OS/c1-16(2,24-13-9(19)6-8(18)7-10(13)20)15-22-21-14(23(15)3)11-4-5-12(17)25-11/h4-7H,1-3H3. The van der Waals surface area contributed by atoms with Crippen LogP contribution in [0.2, 0.25) is 4.34 Å². The number of hydrogen-bond donors (Lipinski definition) is 0. The van der Waals surface area contributed by atoms with Crippen molar-refractivity contribution in [2.45, 2.75) is 19.4 Å². The van der Waals surface area contributed by atoms with Crippen LogP contribution < -0.4 is 4.74 Å². The Morgan fingerprint density at radius 1 is 1.12 bits per heavy atom. The van der Waals surface area contributed by atoms with Crippen LogP contribution in [0.3, 0.4) is 0 Å². The summed E-state index contributed by atoms with van der Waals surface area (Å²) >= 11 is 7.27. The molecular weight excluding hydrogens is 375 g/mol. The van der Waals surface area contributed by atoms with Gasteiger partial charge >= 0.3 is 0 Å². The van der Waals surface area contributed by atoms with Crippen LogP contribution in [-0.2, 0) is 12.6 Å². The fourth-order valence-electron chi connectivity index (χ4n) is 2.43. The number of rotatable bonds is 4. The SMILES string of the molecule is Cn1c(-c2ccc(Cl)s2)nnc1C(C)(C)Oc1c(F)cc(F)cc1F. The summed E-state index contributed by atoms with van der Waals surface area (Å²) in [6.45, 7) is 3.18. The van der Waals surface area contributed by atoms with Crippen molar-refractivity contribution in [3.05, 3.63) is 51.9 Å². The normalized spacial score (nSPS) is 11.8. The Kier molecular flexibility index (Phi) is 4.51. The maximum absolute atomic E-state index is 13.9. The second-order valence-corrected chi connectivity index (χ2v) is 7.54. The largest absolute Gasteiger partial charge is 0.474 e. The molecule has 132 valence electrons. The molecule has 0 bridgehead atoms. The first-order chi connectivity index (χ1) is 11.7. The first-order valence-electron chi connectivity index (χ1n) is 7.18.